The molecule has 0 aliphatic carbocycles. The fourth-order valence-corrected chi connectivity index (χ4v) is 3.36. The molecule has 0 fully saturated rings. The largest absolute Gasteiger partial charge is 0.427 e. The number of rotatable bonds is 7. The lowest BCUT2D eigenvalue weighted by Gasteiger charge is -2.10. The molecule has 0 spiro atoms. The lowest BCUT2D eigenvalue weighted by molar-refractivity contribution is -0.131. The van der Waals surface area contributed by atoms with Crippen LogP contribution in [0.2, 0.25) is 0 Å². The number of carbonyl (C=O) groups excluding carboxylic acids is 3. The van der Waals surface area contributed by atoms with Crippen molar-refractivity contribution in [3.8, 4) is 5.75 Å². The summed E-state index contributed by atoms with van der Waals surface area (Å²) in [4.78, 5) is 35.9. The highest BCUT2D eigenvalue weighted by atomic mass is 79.9. The van der Waals surface area contributed by atoms with Crippen molar-refractivity contribution in [1.29, 1.82) is 0 Å². The molecular formula is C24H21BrN2O4. The van der Waals surface area contributed by atoms with Crippen molar-refractivity contribution >= 4 is 39.4 Å². The summed E-state index contributed by atoms with van der Waals surface area (Å²) in [5, 5.41) is 5.71. The van der Waals surface area contributed by atoms with Crippen LogP contribution in [-0.2, 0) is 22.6 Å². The Balaban J connectivity index is 1.58. The molecule has 0 saturated heterocycles. The Morgan fingerprint density at radius 1 is 0.935 bits per heavy atom. The summed E-state index contributed by atoms with van der Waals surface area (Å²) in [5.41, 5.74) is 2.78. The number of amides is 2. The number of halogens is 1. The summed E-state index contributed by atoms with van der Waals surface area (Å²) in [6.45, 7) is 1.59. The highest BCUT2D eigenvalue weighted by Crippen LogP contribution is 2.18. The van der Waals surface area contributed by atoms with E-state index in [0.717, 1.165) is 15.6 Å². The quantitative estimate of drug-likeness (QED) is 0.385. The third-order valence-electron chi connectivity index (χ3n) is 4.33. The van der Waals surface area contributed by atoms with E-state index in [1.807, 2.05) is 42.5 Å². The van der Waals surface area contributed by atoms with Crippen molar-refractivity contribution in [3.05, 3.63) is 94.0 Å². The van der Waals surface area contributed by atoms with E-state index in [2.05, 4.69) is 26.6 Å². The number of carbonyl (C=O) groups is 3. The molecule has 0 aromatic heterocycles. The molecule has 3 aromatic rings. The molecule has 3 aromatic carbocycles. The molecule has 0 saturated carbocycles. The molecule has 31 heavy (non-hydrogen) atoms. The van der Waals surface area contributed by atoms with Gasteiger partial charge < -0.3 is 15.4 Å². The molecule has 7 heteroatoms. The maximum atomic E-state index is 12.4. The van der Waals surface area contributed by atoms with Gasteiger partial charge in [-0.05, 0) is 47.5 Å². The first kappa shape index (κ1) is 22.2. The molecule has 3 rings (SSSR count). The standard InChI is InChI=1S/C24H21BrN2O4/c1-16(28)31-21-10-5-8-19(13-21)24(30)26-15-17-6-4-9-20(12-17)27-23(29)14-18-7-2-3-11-22(18)25/h2-13H,14-15H2,1H3,(H,26,30)(H,27,29). The number of hydrogen-bond donors (Lipinski definition) is 2. The summed E-state index contributed by atoms with van der Waals surface area (Å²) >= 11 is 3.45. The minimum Gasteiger partial charge on any atom is -0.427 e. The highest BCUT2D eigenvalue weighted by molar-refractivity contribution is 9.10. The maximum Gasteiger partial charge on any atom is 0.308 e. The lowest BCUT2D eigenvalue weighted by atomic mass is 10.1. The Labute approximate surface area is 188 Å². The second kappa shape index (κ2) is 10.5. The maximum absolute atomic E-state index is 12.4. The van der Waals surface area contributed by atoms with Gasteiger partial charge in [0.25, 0.3) is 5.91 Å². The van der Waals surface area contributed by atoms with E-state index in [4.69, 9.17) is 4.74 Å². The second-order valence-corrected chi connectivity index (χ2v) is 7.68. The van der Waals surface area contributed by atoms with Gasteiger partial charge in [-0.25, -0.2) is 0 Å². The molecule has 0 radical (unpaired) electrons. The number of hydrogen-bond acceptors (Lipinski definition) is 4. The van der Waals surface area contributed by atoms with E-state index in [-0.39, 0.29) is 24.8 Å². The number of anilines is 1. The smallest absolute Gasteiger partial charge is 0.308 e. The predicted octanol–water partition coefficient (Wildman–Crippen LogP) is 4.49. The lowest BCUT2D eigenvalue weighted by Crippen LogP contribution is -2.23. The van der Waals surface area contributed by atoms with Gasteiger partial charge in [0.2, 0.25) is 5.91 Å². The minimum atomic E-state index is -0.448. The zero-order valence-electron chi connectivity index (χ0n) is 16.9. The van der Waals surface area contributed by atoms with E-state index in [0.29, 0.717) is 17.0 Å². The monoisotopic (exact) mass is 480 g/mol. The van der Waals surface area contributed by atoms with Gasteiger partial charge in [-0.1, -0.05) is 52.3 Å². The molecule has 158 valence electrons. The van der Waals surface area contributed by atoms with Crippen LogP contribution in [0.15, 0.2) is 77.3 Å². The zero-order chi connectivity index (χ0) is 22.2. The van der Waals surface area contributed by atoms with Gasteiger partial charge >= 0.3 is 5.97 Å². The van der Waals surface area contributed by atoms with Crippen molar-refractivity contribution in [3.63, 3.8) is 0 Å². The van der Waals surface area contributed by atoms with Gasteiger partial charge in [0.1, 0.15) is 5.75 Å². The van der Waals surface area contributed by atoms with E-state index in [9.17, 15) is 14.4 Å². The Hall–Kier alpha value is -3.45. The van der Waals surface area contributed by atoms with Crippen molar-refractivity contribution in [2.24, 2.45) is 0 Å². The van der Waals surface area contributed by atoms with Crippen LogP contribution in [0.3, 0.4) is 0 Å². The van der Waals surface area contributed by atoms with E-state index in [1.54, 1.807) is 24.3 Å². The molecule has 0 heterocycles. The number of benzene rings is 3. The average molecular weight is 481 g/mol. The van der Waals surface area contributed by atoms with Crippen LogP contribution in [0.5, 0.6) is 5.75 Å². The summed E-state index contributed by atoms with van der Waals surface area (Å²) in [6.07, 6.45) is 0.251. The summed E-state index contributed by atoms with van der Waals surface area (Å²) in [5.74, 6) is -0.557. The van der Waals surface area contributed by atoms with Gasteiger partial charge in [0.05, 0.1) is 6.42 Å². The molecule has 0 bridgehead atoms. The summed E-state index contributed by atoms with van der Waals surface area (Å²) in [7, 11) is 0. The zero-order valence-corrected chi connectivity index (χ0v) is 18.4. The van der Waals surface area contributed by atoms with Gasteiger partial charge in [0.15, 0.2) is 0 Å². The van der Waals surface area contributed by atoms with Crippen molar-refractivity contribution < 1.29 is 19.1 Å². The first-order valence-electron chi connectivity index (χ1n) is 9.59. The van der Waals surface area contributed by atoms with Gasteiger partial charge in [0, 0.05) is 29.2 Å². The molecule has 2 amide bonds. The summed E-state index contributed by atoms with van der Waals surface area (Å²) in [6, 6.07) is 21.3. The van der Waals surface area contributed by atoms with E-state index < -0.39 is 5.97 Å². The fraction of sp³-hybridized carbons (Fsp3) is 0.125. The fourth-order valence-electron chi connectivity index (χ4n) is 2.93. The molecular weight excluding hydrogens is 460 g/mol. The Kier molecular flexibility index (Phi) is 7.56. The van der Waals surface area contributed by atoms with Crippen LogP contribution in [-0.4, -0.2) is 17.8 Å². The highest BCUT2D eigenvalue weighted by Gasteiger charge is 2.09. The number of esters is 1. The SMILES string of the molecule is CC(=O)Oc1cccc(C(=O)NCc2cccc(NC(=O)Cc3ccccc3Br)c2)c1. The summed E-state index contributed by atoms with van der Waals surface area (Å²) < 4.78 is 5.90. The Morgan fingerprint density at radius 3 is 2.48 bits per heavy atom. The van der Waals surface area contributed by atoms with Gasteiger partial charge in [-0.3, -0.25) is 14.4 Å². The van der Waals surface area contributed by atoms with Crippen molar-refractivity contribution in [2.45, 2.75) is 19.9 Å². The van der Waals surface area contributed by atoms with E-state index in [1.165, 1.54) is 13.0 Å². The molecule has 0 aliphatic rings. The predicted molar refractivity (Wildman–Crippen MR) is 122 cm³/mol. The van der Waals surface area contributed by atoms with Crippen LogP contribution in [0, 0.1) is 0 Å². The van der Waals surface area contributed by atoms with Crippen LogP contribution in [0.4, 0.5) is 5.69 Å². The minimum absolute atomic E-state index is 0.129. The van der Waals surface area contributed by atoms with Crippen LogP contribution < -0.4 is 15.4 Å². The Bertz CT molecular complexity index is 1110. The average Bonchev–Trinajstić information content (AvgIpc) is 2.73. The molecule has 0 atom stereocenters. The van der Waals surface area contributed by atoms with Gasteiger partial charge in [-0.15, -0.1) is 0 Å². The molecule has 0 unspecified atom stereocenters. The van der Waals surface area contributed by atoms with Crippen molar-refractivity contribution in [2.75, 3.05) is 5.32 Å². The van der Waals surface area contributed by atoms with Crippen molar-refractivity contribution in [1.82, 2.24) is 5.32 Å². The molecule has 6 nitrogen and oxygen atoms in total. The number of nitrogens with one attached hydrogen (secondary N) is 2. The number of ether oxygens (including phenoxy) is 1. The van der Waals surface area contributed by atoms with E-state index >= 15 is 0 Å². The normalized spacial score (nSPS) is 10.3. The van der Waals surface area contributed by atoms with Crippen LogP contribution in [0.25, 0.3) is 0 Å². The molecule has 0 aliphatic heterocycles. The Morgan fingerprint density at radius 2 is 1.71 bits per heavy atom. The second-order valence-electron chi connectivity index (χ2n) is 6.82. The first-order chi connectivity index (χ1) is 14.9. The molecule has 2 N–H and O–H groups in total. The third kappa shape index (κ3) is 6.79. The van der Waals surface area contributed by atoms with Gasteiger partial charge in [-0.2, -0.15) is 0 Å². The third-order valence-corrected chi connectivity index (χ3v) is 5.10. The van der Waals surface area contributed by atoms with Crippen LogP contribution in [0.1, 0.15) is 28.4 Å². The topological polar surface area (TPSA) is 84.5 Å². The first-order valence-corrected chi connectivity index (χ1v) is 10.4. The van der Waals surface area contributed by atoms with Crippen LogP contribution >= 0.6 is 15.9 Å².